The molecule has 3 aromatic carbocycles. The van der Waals surface area contributed by atoms with E-state index < -0.39 is 27.8 Å². The molecule has 1 saturated heterocycles. The number of amides is 2. The van der Waals surface area contributed by atoms with Gasteiger partial charge >= 0.3 is 6.09 Å². The molecule has 0 saturated carbocycles. The molecule has 2 heterocycles. The highest BCUT2D eigenvalue weighted by atomic mass is 32.2. The van der Waals surface area contributed by atoms with Gasteiger partial charge in [0, 0.05) is 31.7 Å². The first kappa shape index (κ1) is 28.3. The van der Waals surface area contributed by atoms with Gasteiger partial charge in [-0.05, 0) is 55.0 Å². The summed E-state index contributed by atoms with van der Waals surface area (Å²) in [5.41, 5.74) is 1.46. The number of nitrogens with zero attached hydrogens (tertiary/aromatic N) is 5. The van der Waals surface area contributed by atoms with Gasteiger partial charge in [-0.15, -0.1) is 0 Å². The number of hydrazone groups is 1. The monoisotopic (exact) mass is 595 g/mol. The Morgan fingerprint density at radius 1 is 1.05 bits per heavy atom. The lowest BCUT2D eigenvalue weighted by molar-refractivity contribution is 0.0933. The molecule has 41 heavy (non-hydrogen) atoms. The Kier molecular flexibility index (Phi) is 8.38. The molecule has 0 radical (unpaired) electrons. The van der Waals surface area contributed by atoms with E-state index in [9.17, 15) is 22.4 Å². The maximum absolute atomic E-state index is 13.8. The van der Waals surface area contributed by atoms with Gasteiger partial charge in [-0.1, -0.05) is 41.7 Å². The first-order valence-corrected chi connectivity index (χ1v) is 15.0. The quantitative estimate of drug-likeness (QED) is 0.228. The van der Waals surface area contributed by atoms with E-state index in [0.29, 0.717) is 10.2 Å². The van der Waals surface area contributed by atoms with Gasteiger partial charge in [0.25, 0.3) is 5.91 Å². The van der Waals surface area contributed by atoms with Crippen molar-refractivity contribution in [2.45, 2.75) is 11.8 Å². The zero-order chi connectivity index (χ0) is 29.0. The van der Waals surface area contributed by atoms with Crippen molar-refractivity contribution >= 4 is 54.9 Å². The van der Waals surface area contributed by atoms with Crippen LogP contribution in [0.2, 0.25) is 0 Å². The molecule has 0 aliphatic carbocycles. The molecule has 0 spiro atoms. The van der Waals surface area contributed by atoms with E-state index in [1.807, 2.05) is 30.3 Å². The molecule has 4 aromatic rings. The fraction of sp³-hybridized carbons (Fsp3) is 0.214. The summed E-state index contributed by atoms with van der Waals surface area (Å²) in [6.07, 6.45) is 1.05. The van der Waals surface area contributed by atoms with Gasteiger partial charge < -0.3 is 9.64 Å². The number of halogens is 1. The van der Waals surface area contributed by atoms with Gasteiger partial charge in [-0.25, -0.2) is 22.6 Å². The van der Waals surface area contributed by atoms with Crippen LogP contribution in [0.25, 0.3) is 10.2 Å². The number of fused-ring (bicyclic) bond motifs is 1. The lowest BCUT2D eigenvalue weighted by atomic mass is 10.2. The van der Waals surface area contributed by atoms with Crippen LogP contribution in [0.4, 0.5) is 14.3 Å². The third-order valence-corrected chi connectivity index (χ3v) is 9.24. The van der Waals surface area contributed by atoms with E-state index in [-0.39, 0.29) is 48.4 Å². The van der Waals surface area contributed by atoms with E-state index in [4.69, 9.17) is 4.74 Å². The predicted octanol–water partition coefficient (Wildman–Crippen LogP) is 4.58. The zero-order valence-electron chi connectivity index (χ0n) is 22.0. The molecule has 1 fully saturated rings. The van der Waals surface area contributed by atoms with E-state index in [0.717, 1.165) is 21.9 Å². The Bertz CT molecular complexity index is 1690. The maximum atomic E-state index is 13.8. The number of rotatable bonds is 7. The Morgan fingerprint density at radius 2 is 1.76 bits per heavy atom. The fourth-order valence-electron chi connectivity index (χ4n) is 4.20. The number of sulfonamides is 1. The highest BCUT2D eigenvalue weighted by molar-refractivity contribution is 7.89. The van der Waals surface area contributed by atoms with Gasteiger partial charge in [0.1, 0.15) is 5.82 Å². The van der Waals surface area contributed by atoms with Crippen LogP contribution in [0, 0.1) is 5.82 Å². The summed E-state index contributed by atoms with van der Waals surface area (Å²) < 4.78 is 47.1. The number of anilines is 1. The predicted molar refractivity (Wildman–Crippen MR) is 154 cm³/mol. The summed E-state index contributed by atoms with van der Waals surface area (Å²) in [5.74, 6) is -0.957. The third kappa shape index (κ3) is 6.26. The lowest BCUT2D eigenvalue weighted by Crippen LogP contribution is -2.50. The molecule has 0 N–H and O–H groups in total. The normalized spacial score (nSPS) is 14.4. The van der Waals surface area contributed by atoms with Crippen LogP contribution < -0.4 is 5.01 Å². The summed E-state index contributed by atoms with van der Waals surface area (Å²) in [4.78, 5) is 31.5. The Balaban J connectivity index is 1.38. The average Bonchev–Trinajstić information content (AvgIpc) is 3.40. The molecule has 0 unspecified atom stereocenters. The molecule has 5 rings (SSSR count). The standard InChI is InChI=1S/C28H26FN5O5S2/c1-2-39-28(36)32-14-16-33(17-15-32)41(37,38)23-11-8-21(9-12-23)26(35)34(30-19-20-6-4-3-5-7-20)27-31-24-13-10-22(29)18-25(24)40-27/h3-13,18-19H,2,14-17H2,1H3/b30-19+. The number of hydrogen-bond acceptors (Lipinski definition) is 8. The Labute approximate surface area is 240 Å². The van der Waals surface area contributed by atoms with Crippen LogP contribution in [0.15, 0.2) is 82.8 Å². The summed E-state index contributed by atoms with van der Waals surface area (Å²) in [7, 11) is -3.85. The Morgan fingerprint density at radius 3 is 2.44 bits per heavy atom. The van der Waals surface area contributed by atoms with Crippen molar-refractivity contribution in [3.63, 3.8) is 0 Å². The van der Waals surface area contributed by atoms with E-state index >= 15 is 0 Å². The van der Waals surface area contributed by atoms with Gasteiger partial charge in [0.15, 0.2) is 0 Å². The minimum atomic E-state index is -3.85. The number of benzene rings is 3. The van der Waals surface area contributed by atoms with Gasteiger partial charge in [-0.2, -0.15) is 14.4 Å². The number of ether oxygens (including phenoxy) is 1. The maximum Gasteiger partial charge on any atom is 0.409 e. The molecule has 0 atom stereocenters. The molecule has 1 aliphatic heterocycles. The average molecular weight is 596 g/mol. The topological polar surface area (TPSA) is 112 Å². The van der Waals surface area contributed by atoms with Crippen LogP contribution in [0.5, 0.6) is 0 Å². The summed E-state index contributed by atoms with van der Waals surface area (Å²) in [6.45, 7) is 2.64. The third-order valence-electron chi connectivity index (χ3n) is 6.34. The number of carbonyl (C=O) groups is 2. The fourth-order valence-corrected chi connectivity index (χ4v) is 6.56. The van der Waals surface area contributed by atoms with Crippen molar-refractivity contribution in [2.75, 3.05) is 37.8 Å². The Hall–Kier alpha value is -4.20. The second kappa shape index (κ2) is 12.1. The molecule has 10 nitrogen and oxygen atoms in total. The molecule has 1 aromatic heterocycles. The van der Waals surface area contributed by atoms with Crippen LogP contribution in [0.3, 0.4) is 0 Å². The minimum Gasteiger partial charge on any atom is -0.450 e. The van der Waals surface area contributed by atoms with Crippen LogP contribution in [0.1, 0.15) is 22.8 Å². The van der Waals surface area contributed by atoms with Crippen LogP contribution in [-0.4, -0.2) is 73.6 Å². The summed E-state index contributed by atoms with van der Waals surface area (Å²) in [5, 5.41) is 5.74. The van der Waals surface area contributed by atoms with Crippen LogP contribution in [-0.2, 0) is 14.8 Å². The molecular formula is C28H26FN5O5S2. The molecule has 1 aliphatic rings. The summed E-state index contributed by atoms with van der Waals surface area (Å²) in [6, 6.07) is 18.9. The molecule has 0 bridgehead atoms. The number of thiazole rings is 1. The second-order valence-corrected chi connectivity index (χ2v) is 11.9. The largest absolute Gasteiger partial charge is 0.450 e. The van der Waals surface area contributed by atoms with Crippen LogP contribution >= 0.6 is 11.3 Å². The van der Waals surface area contributed by atoms with E-state index in [2.05, 4.69) is 10.1 Å². The molecule has 2 amide bonds. The van der Waals surface area contributed by atoms with Crippen molar-refractivity contribution in [1.82, 2.24) is 14.2 Å². The summed E-state index contributed by atoms with van der Waals surface area (Å²) >= 11 is 1.11. The molecular weight excluding hydrogens is 569 g/mol. The lowest BCUT2D eigenvalue weighted by Gasteiger charge is -2.33. The van der Waals surface area contributed by atoms with E-state index in [1.54, 1.807) is 6.92 Å². The van der Waals surface area contributed by atoms with E-state index in [1.165, 1.54) is 57.9 Å². The van der Waals surface area contributed by atoms with Crippen molar-refractivity contribution in [1.29, 1.82) is 0 Å². The number of piperazine rings is 1. The molecule has 212 valence electrons. The van der Waals surface area contributed by atoms with Crippen molar-refractivity contribution in [2.24, 2.45) is 5.10 Å². The highest BCUT2D eigenvalue weighted by Crippen LogP contribution is 2.31. The van der Waals surface area contributed by atoms with Crippen molar-refractivity contribution in [3.05, 3.63) is 89.7 Å². The minimum absolute atomic E-state index is 0.0217. The zero-order valence-corrected chi connectivity index (χ0v) is 23.6. The number of hydrogen-bond donors (Lipinski definition) is 0. The number of aromatic nitrogens is 1. The first-order chi connectivity index (χ1) is 19.8. The van der Waals surface area contributed by atoms with Crippen molar-refractivity contribution < 1.29 is 27.1 Å². The van der Waals surface area contributed by atoms with Crippen molar-refractivity contribution in [3.8, 4) is 0 Å². The number of carbonyl (C=O) groups excluding carboxylic acids is 2. The first-order valence-electron chi connectivity index (χ1n) is 12.8. The second-order valence-electron chi connectivity index (χ2n) is 9.00. The molecule has 13 heteroatoms. The highest BCUT2D eigenvalue weighted by Gasteiger charge is 2.31. The van der Waals surface area contributed by atoms with Gasteiger partial charge in [0.05, 0.1) is 27.9 Å². The smallest absolute Gasteiger partial charge is 0.409 e. The van der Waals surface area contributed by atoms with Gasteiger partial charge in [-0.3, -0.25) is 4.79 Å². The van der Waals surface area contributed by atoms with Gasteiger partial charge in [0.2, 0.25) is 15.2 Å². The SMILES string of the molecule is CCOC(=O)N1CCN(S(=O)(=O)c2ccc(C(=O)N(/N=C/c3ccccc3)c3nc4ccc(F)cc4s3)cc2)CC1.